The minimum absolute atomic E-state index is 0.0378. The number of carbonyl (C=O) groups excluding carboxylic acids is 1. The number of fused-ring (bicyclic) bond motifs is 1. The van der Waals surface area contributed by atoms with Crippen LogP contribution >= 0.6 is 22.7 Å². The van der Waals surface area contributed by atoms with Crippen LogP contribution in [0.2, 0.25) is 0 Å². The van der Waals surface area contributed by atoms with E-state index < -0.39 is 0 Å². The fourth-order valence-corrected chi connectivity index (χ4v) is 5.78. The molecule has 3 aromatic rings. The number of thiazole rings is 1. The van der Waals surface area contributed by atoms with Crippen molar-refractivity contribution in [1.29, 1.82) is 0 Å². The number of aromatic nitrogens is 2. The van der Waals surface area contributed by atoms with Gasteiger partial charge in [-0.3, -0.25) is 9.78 Å². The summed E-state index contributed by atoms with van der Waals surface area (Å²) in [5.41, 5.74) is 5.37. The number of rotatable bonds is 7. The molecule has 1 amide bonds. The first-order valence-corrected chi connectivity index (χ1v) is 12.0. The molecule has 4 rings (SSSR count). The molecule has 158 valence electrons. The lowest BCUT2D eigenvalue weighted by Crippen LogP contribution is -2.27. The van der Waals surface area contributed by atoms with Crippen LogP contribution < -0.4 is 16.0 Å². The van der Waals surface area contributed by atoms with Gasteiger partial charge >= 0.3 is 0 Å². The second-order valence-electron chi connectivity index (χ2n) is 7.72. The largest absolute Gasteiger partial charge is 0.317 e. The third-order valence-electron chi connectivity index (χ3n) is 5.09. The van der Waals surface area contributed by atoms with Crippen LogP contribution in [-0.2, 0) is 17.8 Å². The summed E-state index contributed by atoms with van der Waals surface area (Å²) in [6.07, 6.45) is 3.21. The Hall–Kier alpha value is -2.13. The van der Waals surface area contributed by atoms with Gasteiger partial charge in [0.2, 0.25) is 5.91 Å². The van der Waals surface area contributed by atoms with Crippen molar-refractivity contribution in [2.24, 2.45) is 0 Å². The van der Waals surface area contributed by atoms with Gasteiger partial charge in [-0.05, 0) is 37.6 Å². The normalized spacial score (nSPS) is 13.5. The highest BCUT2D eigenvalue weighted by Gasteiger charge is 2.25. The standard InChI is InChI=1S/C22H27N5OS2/c1-13(2)24-10-7-19(28)27-22-20(16-6-9-23-11-18(16)30-22)21-26-17(12-29-21)15-5-4-8-25-14(15)3/h4-5,8,12-13,23-24H,6-7,9-11H2,1-3H3,(H,27,28). The number of nitrogens with one attached hydrogen (secondary N) is 3. The van der Waals surface area contributed by atoms with Crippen LogP contribution in [0, 0.1) is 6.92 Å². The Balaban J connectivity index is 1.63. The number of hydrogen-bond acceptors (Lipinski definition) is 7. The van der Waals surface area contributed by atoms with Crippen LogP contribution in [0.3, 0.4) is 0 Å². The van der Waals surface area contributed by atoms with E-state index in [2.05, 4.69) is 46.2 Å². The highest BCUT2D eigenvalue weighted by molar-refractivity contribution is 7.18. The van der Waals surface area contributed by atoms with Gasteiger partial charge in [-0.25, -0.2) is 4.98 Å². The highest BCUT2D eigenvalue weighted by Crippen LogP contribution is 2.44. The van der Waals surface area contributed by atoms with E-state index in [1.165, 1.54) is 10.4 Å². The molecule has 0 atom stereocenters. The summed E-state index contributed by atoms with van der Waals surface area (Å²) in [5.74, 6) is 0.0378. The van der Waals surface area contributed by atoms with Crippen molar-refractivity contribution in [3.8, 4) is 21.8 Å². The molecule has 6 nitrogen and oxygen atoms in total. The van der Waals surface area contributed by atoms with Gasteiger partial charge in [-0.2, -0.15) is 0 Å². The zero-order valence-electron chi connectivity index (χ0n) is 17.5. The molecule has 0 bridgehead atoms. The first kappa shape index (κ1) is 21.1. The molecular formula is C22H27N5OS2. The zero-order chi connectivity index (χ0) is 21.1. The highest BCUT2D eigenvalue weighted by atomic mass is 32.1. The third-order valence-corrected chi connectivity index (χ3v) is 7.09. The molecule has 0 fully saturated rings. The Morgan fingerprint density at radius 1 is 1.37 bits per heavy atom. The molecule has 0 radical (unpaired) electrons. The molecule has 30 heavy (non-hydrogen) atoms. The predicted octanol–water partition coefficient (Wildman–Crippen LogP) is 4.21. The number of amides is 1. The first-order valence-electron chi connectivity index (χ1n) is 10.3. The van der Waals surface area contributed by atoms with Gasteiger partial charge in [0.15, 0.2) is 0 Å². The van der Waals surface area contributed by atoms with Crippen molar-refractivity contribution >= 4 is 33.6 Å². The van der Waals surface area contributed by atoms with Gasteiger partial charge in [0.05, 0.1) is 5.69 Å². The van der Waals surface area contributed by atoms with Crippen LogP contribution in [0.5, 0.6) is 0 Å². The summed E-state index contributed by atoms with van der Waals surface area (Å²) < 4.78 is 0. The van der Waals surface area contributed by atoms with Gasteiger partial charge in [0.1, 0.15) is 10.0 Å². The SMILES string of the molecule is Cc1ncccc1-c1csc(-c2c(NC(=O)CCNC(C)C)sc3c2CCNC3)n1. The van der Waals surface area contributed by atoms with Crippen LogP contribution in [-0.4, -0.2) is 35.0 Å². The Morgan fingerprint density at radius 2 is 2.23 bits per heavy atom. The average molecular weight is 442 g/mol. The van der Waals surface area contributed by atoms with Gasteiger partial charge in [0, 0.05) is 58.8 Å². The topological polar surface area (TPSA) is 78.9 Å². The van der Waals surface area contributed by atoms with E-state index in [9.17, 15) is 4.79 Å². The molecule has 8 heteroatoms. The number of thiophene rings is 1. The van der Waals surface area contributed by atoms with Crippen molar-refractivity contribution in [3.05, 3.63) is 39.8 Å². The minimum atomic E-state index is 0.0378. The maximum atomic E-state index is 12.6. The molecule has 0 spiro atoms. The molecule has 3 aromatic heterocycles. The van der Waals surface area contributed by atoms with Gasteiger partial charge in [-0.15, -0.1) is 22.7 Å². The summed E-state index contributed by atoms with van der Waals surface area (Å²) >= 11 is 3.30. The van der Waals surface area contributed by atoms with Crippen molar-refractivity contribution in [2.75, 3.05) is 18.4 Å². The molecule has 0 aliphatic carbocycles. The van der Waals surface area contributed by atoms with Crippen LogP contribution in [0.25, 0.3) is 21.8 Å². The summed E-state index contributed by atoms with van der Waals surface area (Å²) in [5, 5.41) is 13.9. The third kappa shape index (κ3) is 4.62. The van der Waals surface area contributed by atoms with E-state index in [1.54, 1.807) is 28.9 Å². The maximum absolute atomic E-state index is 12.6. The van der Waals surface area contributed by atoms with Gasteiger partial charge in [0.25, 0.3) is 0 Å². The fraction of sp³-hybridized carbons (Fsp3) is 0.409. The number of pyridine rings is 1. The number of carbonyl (C=O) groups is 1. The van der Waals surface area contributed by atoms with Crippen molar-refractivity contribution in [3.63, 3.8) is 0 Å². The predicted molar refractivity (Wildman–Crippen MR) is 125 cm³/mol. The summed E-state index contributed by atoms with van der Waals surface area (Å²) in [6, 6.07) is 4.37. The lowest BCUT2D eigenvalue weighted by Gasteiger charge is -2.13. The molecular weight excluding hydrogens is 414 g/mol. The quantitative estimate of drug-likeness (QED) is 0.512. The van der Waals surface area contributed by atoms with E-state index >= 15 is 0 Å². The lowest BCUT2D eigenvalue weighted by molar-refractivity contribution is -0.116. The number of hydrogen-bond donors (Lipinski definition) is 3. The number of anilines is 1. The molecule has 1 aliphatic rings. The fourth-order valence-electron chi connectivity index (χ4n) is 3.58. The first-order chi connectivity index (χ1) is 14.5. The Bertz CT molecular complexity index is 1040. The van der Waals surface area contributed by atoms with E-state index in [0.29, 0.717) is 19.0 Å². The summed E-state index contributed by atoms with van der Waals surface area (Å²) in [6.45, 7) is 8.64. The van der Waals surface area contributed by atoms with E-state index in [4.69, 9.17) is 4.98 Å². The molecule has 1 aliphatic heterocycles. The number of nitrogens with zero attached hydrogens (tertiary/aromatic N) is 2. The molecule has 0 aromatic carbocycles. The van der Waals surface area contributed by atoms with Crippen LogP contribution in [0.15, 0.2) is 23.7 Å². The Kier molecular flexibility index (Phi) is 6.58. The molecule has 0 unspecified atom stereocenters. The van der Waals surface area contributed by atoms with E-state index in [1.807, 2.05) is 13.0 Å². The summed E-state index contributed by atoms with van der Waals surface area (Å²) in [4.78, 5) is 23.2. The molecule has 0 saturated heterocycles. The molecule has 3 N–H and O–H groups in total. The number of aryl methyl sites for hydroxylation is 1. The lowest BCUT2D eigenvalue weighted by atomic mass is 10.0. The minimum Gasteiger partial charge on any atom is -0.317 e. The smallest absolute Gasteiger partial charge is 0.226 e. The molecule has 4 heterocycles. The average Bonchev–Trinajstić information content (AvgIpc) is 3.32. The monoisotopic (exact) mass is 441 g/mol. The maximum Gasteiger partial charge on any atom is 0.226 e. The van der Waals surface area contributed by atoms with Crippen molar-refractivity contribution in [2.45, 2.75) is 46.2 Å². The second kappa shape index (κ2) is 9.34. The van der Waals surface area contributed by atoms with E-state index in [-0.39, 0.29) is 5.91 Å². The van der Waals surface area contributed by atoms with Crippen LogP contribution in [0.1, 0.15) is 36.4 Å². The van der Waals surface area contributed by atoms with Crippen LogP contribution in [0.4, 0.5) is 5.00 Å². The van der Waals surface area contributed by atoms with E-state index in [0.717, 1.165) is 52.0 Å². The Labute approximate surface area is 185 Å². The van der Waals surface area contributed by atoms with Gasteiger partial charge < -0.3 is 16.0 Å². The Morgan fingerprint density at radius 3 is 3.03 bits per heavy atom. The van der Waals surface area contributed by atoms with Crippen molar-refractivity contribution < 1.29 is 4.79 Å². The second-order valence-corrected chi connectivity index (χ2v) is 9.68. The van der Waals surface area contributed by atoms with Gasteiger partial charge in [-0.1, -0.05) is 13.8 Å². The summed E-state index contributed by atoms with van der Waals surface area (Å²) in [7, 11) is 0. The molecule has 0 saturated carbocycles. The zero-order valence-corrected chi connectivity index (χ0v) is 19.2. The van der Waals surface area contributed by atoms with Crippen molar-refractivity contribution in [1.82, 2.24) is 20.6 Å².